The van der Waals surface area contributed by atoms with Crippen molar-refractivity contribution in [3.8, 4) is 0 Å². The lowest BCUT2D eigenvalue weighted by Gasteiger charge is -2.31. The van der Waals surface area contributed by atoms with Crippen molar-refractivity contribution in [1.82, 2.24) is 5.32 Å². The van der Waals surface area contributed by atoms with E-state index in [2.05, 4.69) is 63.3 Å². The average molecular weight is 277 g/mol. The maximum atomic E-state index is 6.20. The highest BCUT2D eigenvalue weighted by molar-refractivity contribution is 5.20. The van der Waals surface area contributed by atoms with Gasteiger partial charge in [-0.05, 0) is 30.9 Å². The van der Waals surface area contributed by atoms with E-state index in [0.717, 1.165) is 26.0 Å². The molecule has 0 bridgehead atoms. The Bertz CT molecular complexity index is 337. The van der Waals surface area contributed by atoms with Gasteiger partial charge in [-0.1, -0.05) is 64.4 Å². The summed E-state index contributed by atoms with van der Waals surface area (Å²) < 4.78 is 6.20. The molecule has 0 radical (unpaired) electrons. The van der Waals surface area contributed by atoms with Gasteiger partial charge in [-0.25, -0.2) is 0 Å². The molecule has 1 rings (SSSR count). The molecule has 0 amide bonds. The van der Waals surface area contributed by atoms with Crippen molar-refractivity contribution in [3.05, 3.63) is 35.9 Å². The Morgan fingerprint density at radius 3 is 2.30 bits per heavy atom. The molecule has 2 atom stereocenters. The summed E-state index contributed by atoms with van der Waals surface area (Å²) in [5.41, 5.74) is 1.33. The van der Waals surface area contributed by atoms with E-state index in [1.165, 1.54) is 12.0 Å². The van der Waals surface area contributed by atoms with Crippen molar-refractivity contribution in [1.29, 1.82) is 0 Å². The van der Waals surface area contributed by atoms with Crippen LogP contribution in [0.25, 0.3) is 0 Å². The van der Waals surface area contributed by atoms with Crippen molar-refractivity contribution in [2.75, 3.05) is 13.2 Å². The quantitative estimate of drug-likeness (QED) is 0.633. The van der Waals surface area contributed by atoms with Crippen LogP contribution in [0.3, 0.4) is 0 Å². The van der Waals surface area contributed by atoms with Gasteiger partial charge >= 0.3 is 0 Å². The van der Waals surface area contributed by atoms with Crippen LogP contribution in [0.15, 0.2) is 30.3 Å². The molecule has 1 N–H and O–H groups in total. The lowest BCUT2D eigenvalue weighted by atomic mass is 9.93. The molecule has 0 aliphatic rings. The Hall–Kier alpha value is -0.860. The van der Waals surface area contributed by atoms with E-state index < -0.39 is 0 Å². The Kier molecular flexibility index (Phi) is 8.56. The first-order chi connectivity index (χ1) is 9.70. The number of nitrogens with one attached hydrogen (secondary N) is 1. The molecule has 0 spiro atoms. The van der Waals surface area contributed by atoms with Gasteiger partial charge in [-0.3, -0.25) is 0 Å². The molecule has 0 aromatic heterocycles. The minimum absolute atomic E-state index is 0.232. The van der Waals surface area contributed by atoms with Crippen LogP contribution in [-0.2, 0) is 4.74 Å². The molecular weight excluding hydrogens is 246 g/mol. The molecule has 0 fully saturated rings. The monoisotopic (exact) mass is 277 g/mol. The summed E-state index contributed by atoms with van der Waals surface area (Å²) in [6.07, 6.45) is 3.70. The lowest BCUT2D eigenvalue weighted by molar-refractivity contribution is -0.00549. The molecule has 0 saturated carbocycles. The maximum Gasteiger partial charge on any atom is 0.0792 e. The number of unbranched alkanes of at least 4 members (excludes halogenated alkanes) is 1. The molecule has 0 heterocycles. The van der Waals surface area contributed by atoms with Crippen LogP contribution >= 0.6 is 0 Å². The molecule has 2 nitrogen and oxygen atoms in total. The largest absolute Gasteiger partial charge is 0.376 e. The third-order valence-electron chi connectivity index (χ3n) is 3.57. The fraction of sp³-hybridized carbons (Fsp3) is 0.667. The first-order valence-electron chi connectivity index (χ1n) is 8.10. The molecule has 2 unspecified atom stereocenters. The third kappa shape index (κ3) is 5.64. The minimum atomic E-state index is 0.232. The maximum absolute atomic E-state index is 6.20. The molecule has 0 saturated heterocycles. The second-order valence-electron chi connectivity index (χ2n) is 5.78. The number of benzene rings is 1. The van der Waals surface area contributed by atoms with Crippen LogP contribution in [-0.4, -0.2) is 19.3 Å². The average Bonchev–Trinajstić information content (AvgIpc) is 2.46. The number of hydrogen-bond donors (Lipinski definition) is 1. The Labute approximate surface area is 124 Å². The minimum Gasteiger partial charge on any atom is -0.376 e. The van der Waals surface area contributed by atoms with E-state index in [-0.39, 0.29) is 12.1 Å². The van der Waals surface area contributed by atoms with E-state index in [4.69, 9.17) is 4.74 Å². The van der Waals surface area contributed by atoms with Gasteiger partial charge in [0.2, 0.25) is 0 Å². The SMILES string of the molecule is CCCCOC(C(C)C)C(NCCC)c1ccccc1. The molecule has 1 aromatic rings. The summed E-state index contributed by atoms with van der Waals surface area (Å²) in [7, 11) is 0. The molecule has 1 aromatic carbocycles. The molecule has 114 valence electrons. The van der Waals surface area contributed by atoms with Gasteiger partial charge < -0.3 is 10.1 Å². The van der Waals surface area contributed by atoms with Crippen LogP contribution in [0.4, 0.5) is 0 Å². The van der Waals surface area contributed by atoms with Gasteiger partial charge in [0, 0.05) is 6.61 Å². The van der Waals surface area contributed by atoms with Crippen LogP contribution in [0.5, 0.6) is 0 Å². The van der Waals surface area contributed by atoms with E-state index in [1.54, 1.807) is 0 Å². The van der Waals surface area contributed by atoms with Crippen LogP contribution in [0.2, 0.25) is 0 Å². The summed E-state index contributed by atoms with van der Waals surface area (Å²) in [5, 5.41) is 3.67. The van der Waals surface area contributed by atoms with Crippen LogP contribution < -0.4 is 5.32 Å². The lowest BCUT2D eigenvalue weighted by Crippen LogP contribution is -2.38. The van der Waals surface area contributed by atoms with Crippen LogP contribution in [0, 0.1) is 5.92 Å². The Morgan fingerprint density at radius 1 is 1.05 bits per heavy atom. The third-order valence-corrected chi connectivity index (χ3v) is 3.57. The standard InChI is InChI=1S/C18H31NO/c1-5-7-14-20-18(15(3)4)17(19-13-6-2)16-11-9-8-10-12-16/h8-12,15,17-19H,5-7,13-14H2,1-4H3. The predicted molar refractivity (Wildman–Crippen MR) is 87.0 cm³/mol. The first kappa shape index (κ1) is 17.2. The van der Waals surface area contributed by atoms with Gasteiger partial charge in [0.15, 0.2) is 0 Å². The van der Waals surface area contributed by atoms with E-state index in [0.29, 0.717) is 5.92 Å². The second kappa shape index (κ2) is 9.95. The fourth-order valence-corrected chi connectivity index (χ4v) is 2.42. The van der Waals surface area contributed by atoms with Crippen molar-refractivity contribution in [2.24, 2.45) is 5.92 Å². The predicted octanol–water partition coefficient (Wildman–Crippen LogP) is 4.57. The highest BCUT2D eigenvalue weighted by Crippen LogP contribution is 2.25. The highest BCUT2D eigenvalue weighted by atomic mass is 16.5. The molecule has 0 aliphatic heterocycles. The van der Waals surface area contributed by atoms with Gasteiger partial charge in [-0.2, -0.15) is 0 Å². The Morgan fingerprint density at radius 2 is 1.75 bits per heavy atom. The topological polar surface area (TPSA) is 21.3 Å². The van der Waals surface area contributed by atoms with Crippen LogP contribution in [0.1, 0.15) is 58.6 Å². The zero-order valence-corrected chi connectivity index (χ0v) is 13.6. The van der Waals surface area contributed by atoms with Crippen molar-refractivity contribution in [3.63, 3.8) is 0 Å². The van der Waals surface area contributed by atoms with Crippen molar-refractivity contribution in [2.45, 2.75) is 59.1 Å². The van der Waals surface area contributed by atoms with E-state index >= 15 is 0 Å². The molecule has 0 aliphatic carbocycles. The van der Waals surface area contributed by atoms with Gasteiger partial charge in [-0.15, -0.1) is 0 Å². The molecule has 20 heavy (non-hydrogen) atoms. The fourth-order valence-electron chi connectivity index (χ4n) is 2.42. The zero-order valence-electron chi connectivity index (χ0n) is 13.6. The number of hydrogen-bond acceptors (Lipinski definition) is 2. The first-order valence-corrected chi connectivity index (χ1v) is 8.10. The van der Waals surface area contributed by atoms with Gasteiger partial charge in [0.25, 0.3) is 0 Å². The van der Waals surface area contributed by atoms with E-state index in [9.17, 15) is 0 Å². The summed E-state index contributed by atoms with van der Waals surface area (Å²) in [4.78, 5) is 0. The summed E-state index contributed by atoms with van der Waals surface area (Å²) in [6.45, 7) is 10.8. The van der Waals surface area contributed by atoms with Crippen molar-refractivity contribution >= 4 is 0 Å². The number of rotatable bonds is 10. The molecule has 2 heteroatoms. The Balaban J connectivity index is 2.81. The van der Waals surface area contributed by atoms with E-state index in [1.807, 2.05) is 0 Å². The highest BCUT2D eigenvalue weighted by Gasteiger charge is 2.26. The number of ether oxygens (including phenoxy) is 1. The zero-order chi connectivity index (χ0) is 14.8. The normalized spacial score (nSPS) is 14.4. The summed E-state index contributed by atoms with van der Waals surface area (Å²) in [6, 6.07) is 11.0. The molecular formula is C18H31NO. The van der Waals surface area contributed by atoms with Gasteiger partial charge in [0.05, 0.1) is 12.1 Å². The smallest absolute Gasteiger partial charge is 0.0792 e. The summed E-state index contributed by atoms with van der Waals surface area (Å²) in [5.74, 6) is 0.501. The van der Waals surface area contributed by atoms with Crippen molar-refractivity contribution < 1.29 is 4.74 Å². The van der Waals surface area contributed by atoms with Gasteiger partial charge in [0.1, 0.15) is 0 Å². The summed E-state index contributed by atoms with van der Waals surface area (Å²) >= 11 is 0. The second-order valence-corrected chi connectivity index (χ2v) is 5.78.